The maximum absolute atomic E-state index is 6.17. The standard InChI is InChI=1S/C17H19BrClNO/c1-3-14(20)9-12-4-6-15(8-11(12)2)21-17-7-5-13(18)10-16(17)19/h4-8,10,14H,3,9,20H2,1-2H3. The zero-order chi connectivity index (χ0) is 15.4. The summed E-state index contributed by atoms with van der Waals surface area (Å²) in [7, 11) is 0. The van der Waals surface area contributed by atoms with Crippen molar-refractivity contribution < 1.29 is 4.74 Å². The molecule has 21 heavy (non-hydrogen) atoms. The van der Waals surface area contributed by atoms with E-state index in [4.69, 9.17) is 22.1 Å². The first-order valence-electron chi connectivity index (χ1n) is 6.97. The van der Waals surface area contributed by atoms with Crippen molar-refractivity contribution >= 4 is 27.5 Å². The van der Waals surface area contributed by atoms with E-state index in [9.17, 15) is 0 Å². The summed E-state index contributed by atoms with van der Waals surface area (Å²) in [5.74, 6) is 1.43. The predicted octanol–water partition coefficient (Wildman–Crippen LogP) is 5.48. The molecule has 0 aliphatic heterocycles. The molecule has 4 heteroatoms. The highest BCUT2D eigenvalue weighted by atomic mass is 79.9. The van der Waals surface area contributed by atoms with Crippen LogP contribution >= 0.6 is 27.5 Å². The molecule has 0 heterocycles. The minimum atomic E-state index is 0.205. The van der Waals surface area contributed by atoms with Crippen LogP contribution in [0.5, 0.6) is 11.5 Å². The van der Waals surface area contributed by atoms with Crippen LogP contribution in [0.15, 0.2) is 40.9 Å². The summed E-state index contributed by atoms with van der Waals surface area (Å²) in [5.41, 5.74) is 8.46. The van der Waals surface area contributed by atoms with Gasteiger partial charge >= 0.3 is 0 Å². The lowest BCUT2D eigenvalue weighted by molar-refractivity contribution is 0.482. The minimum absolute atomic E-state index is 0.205. The highest BCUT2D eigenvalue weighted by Crippen LogP contribution is 2.32. The van der Waals surface area contributed by atoms with Crippen molar-refractivity contribution in [1.29, 1.82) is 0 Å². The highest BCUT2D eigenvalue weighted by molar-refractivity contribution is 9.10. The molecule has 0 saturated heterocycles. The van der Waals surface area contributed by atoms with Crippen LogP contribution in [0.4, 0.5) is 0 Å². The maximum atomic E-state index is 6.17. The van der Waals surface area contributed by atoms with Gasteiger partial charge < -0.3 is 10.5 Å². The molecule has 0 fully saturated rings. The highest BCUT2D eigenvalue weighted by Gasteiger charge is 2.08. The Kier molecular flexibility index (Phi) is 5.68. The number of halogens is 2. The summed E-state index contributed by atoms with van der Waals surface area (Å²) in [6, 6.07) is 11.8. The molecule has 112 valence electrons. The molecule has 0 radical (unpaired) electrons. The first-order valence-corrected chi connectivity index (χ1v) is 8.14. The van der Waals surface area contributed by atoms with Gasteiger partial charge in [-0.25, -0.2) is 0 Å². The lowest BCUT2D eigenvalue weighted by atomic mass is 10.00. The van der Waals surface area contributed by atoms with E-state index in [2.05, 4.69) is 35.8 Å². The van der Waals surface area contributed by atoms with E-state index in [1.165, 1.54) is 11.1 Å². The lowest BCUT2D eigenvalue weighted by Gasteiger charge is -2.13. The second-order valence-electron chi connectivity index (χ2n) is 5.14. The van der Waals surface area contributed by atoms with Gasteiger partial charge in [0.05, 0.1) is 5.02 Å². The van der Waals surface area contributed by atoms with Crippen molar-refractivity contribution in [3.8, 4) is 11.5 Å². The van der Waals surface area contributed by atoms with Gasteiger partial charge in [-0.2, -0.15) is 0 Å². The van der Waals surface area contributed by atoms with Gasteiger partial charge in [0.1, 0.15) is 11.5 Å². The van der Waals surface area contributed by atoms with E-state index < -0.39 is 0 Å². The molecule has 2 aromatic carbocycles. The van der Waals surface area contributed by atoms with Crippen LogP contribution in [0.25, 0.3) is 0 Å². The van der Waals surface area contributed by atoms with E-state index in [1.54, 1.807) is 0 Å². The Hall–Kier alpha value is -1.03. The van der Waals surface area contributed by atoms with Crippen LogP contribution in [0.1, 0.15) is 24.5 Å². The van der Waals surface area contributed by atoms with Crippen LogP contribution in [0.3, 0.4) is 0 Å². The molecule has 2 rings (SSSR count). The average molecular weight is 369 g/mol. The van der Waals surface area contributed by atoms with E-state index >= 15 is 0 Å². The molecule has 0 amide bonds. The van der Waals surface area contributed by atoms with Gasteiger partial charge in [-0.05, 0) is 61.2 Å². The number of rotatable bonds is 5. The molecule has 2 nitrogen and oxygen atoms in total. The minimum Gasteiger partial charge on any atom is -0.456 e. The van der Waals surface area contributed by atoms with E-state index in [0.29, 0.717) is 10.8 Å². The van der Waals surface area contributed by atoms with Crippen LogP contribution in [0, 0.1) is 6.92 Å². The first-order chi connectivity index (χ1) is 9.99. The first kappa shape index (κ1) is 16.3. The summed E-state index contributed by atoms with van der Waals surface area (Å²) in [5, 5.41) is 0.583. The molecule has 1 atom stereocenters. The van der Waals surface area contributed by atoms with Crippen molar-refractivity contribution in [2.75, 3.05) is 0 Å². The molecule has 1 unspecified atom stereocenters. The second kappa shape index (κ2) is 7.30. The Morgan fingerprint density at radius 3 is 2.62 bits per heavy atom. The van der Waals surface area contributed by atoms with Gasteiger partial charge in [0, 0.05) is 10.5 Å². The number of hydrogen-bond donors (Lipinski definition) is 1. The summed E-state index contributed by atoms with van der Waals surface area (Å²) < 4.78 is 6.78. The summed E-state index contributed by atoms with van der Waals surface area (Å²) >= 11 is 9.55. The molecule has 0 bridgehead atoms. The van der Waals surface area contributed by atoms with Crippen LogP contribution in [0.2, 0.25) is 5.02 Å². The summed E-state index contributed by atoms with van der Waals surface area (Å²) in [6.07, 6.45) is 1.87. The molecule has 0 aromatic heterocycles. The monoisotopic (exact) mass is 367 g/mol. The SMILES string of the molecule is CCC(N)Cc1ccc(Oc2ccc(Br)cc2Cl)cc1C. The van der Waals surface area contributed by atoms with Crippen molar-refractivity contribution in [3.05, 3.63) is 57.0 Å². The Morgan fingerprint density at radius 2 is 2.00 bits per heavy atom. The second-order valence-corrected chi connectivity index (χ2v) is 6.46. The molecular weight excluding hydrogens is 350 g/mol. The summed E-state index contributed by atoms with van der Waals surface area (Å²) in [4.78, 5) is 0. The molecule has 2 aromatic rings. The molecule has 2 N–H and O–H groups in total. The van der Waals surface area contributed by atoms with Crippen LogP contribution in [-0.4, -0.2) is 6.04 Å². The van der Waals surface area contributed by atoms with Crippen molar-refractivity contribution in [2.24, 2.45) is 5.73 Å². The quantitative estimate of drug-likeness (QED) is 0.758. The maximum Gasteiger partial charge on any atom is 0.146 e. The van der Waals surface area contributed by atoms with Crippen molar-refractivity contribution in [3.63, 3.8) is 0 Å². The largest absolute Gasteiger partial charge is 0.456 e. The number of aryl methyl sites for hydroxylation is 1. The lowest BCUT2D eigenvalue weighted by Crippen LogP contribution is -2.21. The number of ether oxygens (including phenoxy) is 1. The molecule has 0 aliphatic carbocycles. The molecule has 0 aliphatic rings. The van der Waals surface area contributed by atoms with Gasteiger partial charge in [-0.15, -0.1) is 0 Å². The Morgan fingerprint density at radius 1 is 1.24 bits per heavy atom. The van der Waals surface area contributed by atoms with E-state index in [-0.39, 0.29) is 6.04 Å². The fraction of sp³-hybridized carbons (Fsp3) is 0.294. The summed E-state index contributed by atoms with van der Waals surface area (Å²) in [6.45, 7) is 4.18. The Balaban J connectivity index is 2.16. The third kappa shape index (κ3) is 4.47. The van der Waals surface area contributed by atoms with E-state index in [0.717, 1.165) is 23.1 Å². The fourth-order valence-electron chi connectivity index (χ4n) is 2.07. The van der Waals surface area contributed by atoms with E-state index in [1.807, 2.05) is 30.3 Å². The average Bonchev–Trinajstić information content (AvgIpc) is 2.44. The predicted molar refractivity (Wildman–Crippen MR) is 92.4 cm³/mol. The van der Waals surface area contributed by atoms with Crippen molar-refractivity contribution in [1.82, 2.24) is 0 Å². The normalized spacial score (nSPS) is 12.2. The zero-order valence-electron chi connectivity index (χ0n) is 12.2. The number of benzene rings is 2. The van der Waals surface area contributed by atoms with Gasteiger partial charge in [0.25, 0.3) is 0 Å². The topological polar surface area (TPSA) is 35.2 Å². The van der Waals surface area contributed by atoms with Gasteiger partial charge in [-0.3, -0.25) is 0 Å². The molecule has 0 spiro atoms. The Bertz CT molecular complexity index is 630. The Labute approximate surface area is 139 Å². The van der Waals surface area contributed by atoms with Gasteiger partial charge in [-0.1, -0.05) is 40.5 Å². The van der Waals surface area contributed by atoms with Crippen molar-refractivity contribution in [2.45, 2.75) is 32.7 Å². The van der Waals surface area contributed by atoms with Crippen LogP contribution < -0.4 is 10.5 Å². The van der Waals surface area contributed by atoms with Gasteiger partial charge in [0.2, 0.25) is 0 Å². The fourth-order valence-corrected chi connectivity index (χ4v) is 2.78. The number of nitrogens with two attached hydrogens (primary N) is 1. The number of hydrogen-bond acceptors (Lipinski definition) is 2. The molecular formula is C17H19BrClNO. The third-order valence-corrected chi connectivity index (χ3v) is 4.23. The zero-order valence-corrected chi connectivity index (χ0v) is 14.5. The molecule has 0 saturated carbocycles. The smallest absolute Gasteiger partial charge is 0.146 e. The third-order valence-electron chi connectivity index (χ3n) is 3.44. The van der Waals surface area contributed by atoms with Gasteiger partial charge in [0.15, 0.2) is 0 Å². The van der Waals surface area contributed by atoms with Crippen LogP contribution in [-0.2, 0) is 6.42 Å².